The first-order valence-corrected chi connectivity index (χ1v) is 7.49. The quantitative estimate of drug-likeness (QED) is 0.866. The summed E-state index contributed by atoms with van der Waals surface area (Å²) in [5.74, 6) is 1.71. The normalized spacial score (nSPS) is 11.7. The maximum atomic E-state index is 5.11. The number of halogens is 1. The summed E-state index contributed by atoms with van der Waals surface area (Å²) in [5.41, 5.74) is 1.01. The Bertz CT molecular complexity index is 416. The molecule has 0 saturated carbocycles. The van der Waals surface area contributed by atoms with Crippen molar-refractivity contribution in [3.8, 4) is 0 Å². The van der Waals surface area contributed by atoms with Crippen LogP contribution in [0.15, 0.2) is 4.47 Å². The summed E-state index contributed by atoms with van der Waals surface area (Å²) in [7, 11) is 1.69. The summed E-state index contributed by atoms with van der Waals surface area (Å²) in [6.07, 6.45) is 1.79. The molecule has 1 aromatic rings. The summed E-state index contributed by atoms with van der Waals surface area (Å²) in [5, 5.41) is 3.35. The van der Waals surface area contributed by atoms with Crippen LogP contribution in [-0.2, 0) is 16.6 Å². The lowest BCUT2D eigenvalue weighted by atomic mass is 9.92. The molecule has 0 aromatic carbocycles. The summed E-state index contributed by atoms with van der Waals surface area (Å²) >= 11 is 3.63. The molecule has 1 aromatic heterocycles. The molecule has 0 atom stereocenters. The van der Waals surface area contributed by atoms with Gasteiger partial charge in [0.2, 0.25) is 0 Å². The number of hydrogen-bond acceptors (Lipinski definition) is 4. The Labute approximate surface area is 124 Å². The highest BCUT2D eigenvalue weighted by atomic mass is 79.9. The zero-order valence-electron chi connectivity index (χ0n) is 12.5. The Morgan fingerprint density at radius 3 is 2.47 bits per heavy atom. The molecule has 5 heteroatoms. The van der Waals surface area contributed by atoms with Gasteiger partial charge in [-0.2, -0.15) is 0 Å². The van der Waals surface area contributed by atoms with E-state index in [1.54, 1.807) is 7.11 Å². The number of aromatic nitrogens is 2. The van der Waals surface area contributed by atoms with E-state index in [2.05, 4.69) is 58.9 Å². The van der Waals surface area contributed by atoms with Crippen molar-refractivity contribution in [1.29, 1.82) is 0 Å². The molecule has 1 N–H and O–H groups in total. The van der Waals surface area contributed by atoms with E-state index in [0.29, 0.717) is 6.61 Å². The molecule has 0 aliphatic heterocycles. The Kier molecular flexibility index (Phi) is 6.20. The summed E-state index contributed by atoms with van der Waals surface area (Å²) in [4.78, 5) is 9.24. The fourth-order valence-corrected chi connectivity index (χ4v) is 2.57. The summed E-state index contributed by atoms with van der Waals surface area (Å²) in [6.45, 7) is 10.2. The van der Waals surface area contributed by atoms with Gasteiger partial charge >= 0.3 is 0 Å². The number of hydrogen-bond donors (Lipinski definition) is 1. The van der Waals surface area contributed by atoms with Gasteiger partial charge in [-0.05, 0) is 22.4 Å². The molecule has 108 valence electrons. The van der Waals surface area contributed by atoms with Gasteiger partial charge in [-0.1, -0.05) is 27.7 Å². The van der Waals surface area contributed by atoms with Crippen molar-refractivity contribution in [2.24, 2.45) is 0 Å². The van der Waals surface area contributed by atoms with Gasteiger partial charge in [-0.25, -0.2) is 9.97 Å². The van der Waals surface area contributed by atoms with Crippen LogP contribution in [0.5, 0.6) is 0 Å². The molecular weight excluding hydrogens is 306 g/mol. The second-order valence-electron chi connectivity index (χ2n) is 5.57. The molecule has 0 amide bonds. The van der Waals surface area contributed by atoms with Crippen LogP contribution in [0.1, 0.15) is 45.6 Å². The monoisotopic (exact) mass is 329 g/mol. The van der Waals surface area contributed by atoms with Crippen LogP contribution >= 0.6 is 15.9 Å². The third-order valence-electron chi connectivity index (χ3n) is 2.68. The standard InChI is InChI=1S/C14H24BrN3O/c1-6-8-16-13-11(15)12(14(2,3)4)17-10(18-13)7-9-19-5/h6-9H2,1-5H3,(H,16,17,18). The van der Waals surface area contributed by atoms with Gasteiger partial charge in [-0.3, -0.25) is 0 Å². The smallest absolute Gasteiger partial charge is 0.144 e. The van der Waals surface area contributed by atoms with E-state index in [-0.39, 0.29) is 5.41 Å². The second-order valence-corrected chi connectivity index (χ2v) is 6.36. The van der Waals surface area contributed by atoms with Gasteiger partial charge in [-0.15, -0.1) is 0 Å². The van der Waals surface area contributed by atoms with Gasteiger partial charge in [0.25, 0.3) is 0 Å². The van der Waals surface area contributed by atoms with Crippen molar-refractivity contribution in [3.05, 3.63) is 16.0 Å². The van der Waals surface area contributed by atoms with E-state index in [4.69, 9.17) is 4.74 Å². The molecule has 0 radical (unpaired) electrons. The number of methoxy groups -OCH3 is 1. The molecule has 19 heavy (non-hydrogen) atoms. The minimum Gasteiger partial charge on any atom is -0.384 e. The lowest BCUT2D eigenvalue weighted by molar-refractivity contribution is 0.200. The Balaban J connectivity index is 3.14. The Morgan fingerprint density at radius 2 is 1.95 bits per heavy atom. The predicted octanol–water partition coefficient (Wildman–Crippen LogP) is 3.55. The topological polar surface area (TPSA) is 47.0 Å². The predicted molar refractivity (Wildman–Crippen MR) is 82.8 cm³/mol. The minimum absolute atomic E-state index is 0.0216. The zero-order valence-corrected chi connectivity index (χ0v) is 14.1. The fourth-order valence-electron chi connectivity index (χ4n) is 1.66. The first-order valence-electron chi connectivity index (χ1n) is 6.69. The van der Waals surface area contributed by atoms with Crippen molar-refractivity contribution in [1.82, 2.24) is 9.97 Å². The van der Waals surface area contributed by atoms with Crippen LogP contribution in [-0.4, -0.2) is 30.2 Å². The third kappa shape index (κ3) is 4.73. The van der Waals surface area contributed by atoms with Gasteiger partial charge in [0.15, 0.2) is 0 Å². The third-order valence-corrected chi connectivity index (χ3v) is 3.43. The molecule has 1 heterocycles. The lowest BCUT2D eigenvalue weighted by Gasteiger charge is -2.22. The van der Waals surface area contributed by atoms with Crippen LogP contribution < -0.4 is 5.32 Å². The number of ether oxygens (including phenoxy) is 1. The lowest BCUT2D eigenvalue weighted by Crippen LogP contribution is -2.19. The molecule has 0 aliphatic rings. The number of nitrogens with zero attached hydrogens (tertiary/aromatic N) is 2. The van der Waals surface area contributed by atoms with Gasteiger partial charge in [0, 0.05) is 25.5 Å². The Morgan fingerprint density at radius 1 is 1.26 bits per heavy atom. The number of rotatable bonds is 6. The number of anilines is 1. The SMILES string of the molecule is CCCNc1nc(CCOC)nc(C(C)(C)C)c1Br. The summed E-state index contributed by atoms with van der Waals surface area (Å²) in [6, 6.07) is 0. The van der Waals surface area contributed by atoms with Crippen molar-refractivity contribution >= 4 is 21.7 Å². The van der Waals surface area contributed by atoms with Crippen LogP contribution in [0.4, 0.5) is 5.82 Å². The molecule has 1 rings (SSSR count). The first kappa shape index (κ1) is 16.4. The molecular formula is C14H24BrN3O. The van der Waals surface area contributed by atoms with E-state index in [1.807, 2.05) is 0 Å². The highest BCUT2D eigenvalue weighted by Crippen LogP contribution is 2.32. The molecule has 0 bridgehead atoms. The largest absolute Gasteiger partial charge is 0.384 e. The maximum absolute atomic E-state index is 5.11. The van der Waals surface area contributed by atoms with E-state index >= 15 is 0 Å². The van der Waals surface area contributed by atoms with Gasteiger partial charge < -0.3 is 10.1 Å². The van der Waals surface area contributed by atoms with Gasteiger partial charge in [0.05, 0.1) is 16.8 Å². The molecule has 0 aliphatic carbocycles. The number of nitrogens with one attached hydrogen (secondary N) is 1. The van der Waals surface area contributed by atoms with Crippen LogP contribution in [0, 0.1) is 0 Å². The molecule has 4 nitrogen and oxygen atoms in total. The van der Waals surface area contributed by atoms with Crippen molar-refractivity contribution in [2.75, 3.05) is 25.6 Å². The maximum Gasteiger partial charge on any atom is 0.144 e. The summed E-state index contributed by atoms with van der Waals surface area (Å²) < 4.78 is 6.08. The fraction of sp³-hybridized carbons (Fsp3) is 0.714. The van der Waals surface area contributed by atoms with Crippen LogP contribution in [0.25, 0.3) is 0 Å². The van der Waals surface area contributed by atoms with E-state index in [9.17, 15) is 0 Å². The average Bonchev–Trinajstić information content (AvgIpc) is 2.34. The highest BCUT2D eigenvalue weighted by Gasteiger charge is 2.23. The van der Waals surface area contributed by atoms with E-state index in [0.717, 1.165) is 41.2 Å². The highest BCUT2D eigenvalue weighted by molar-refractivity contribution is 9.10. The van der Waals surface area contributed by atoms with Gasteiger partial charge in [0.1, 0.15) is 11.6 Å². The molecule has 0 unspecified atom stereocenters. The molecule has 0 fully saturated rings. The zero-order chi connectivity index (χ0) is 14.5. The average molecular weight is 330 g/mol. The molecule has 0 spiro atoms. The minimum atomic E-state index is -0.0216. The van der Waals surface area contributed by atoms with E-state index in [1.165, 1.54) is 0 Å². The molecule has 0 saturated heterocycles. The first-order chi connectivity index (χ1) is 8.90. The Hall–Kier alpha value is -0.680. The van der Waals surface area contributed by atoms with Crippen molar-refractivity contribution < 1.29 is 4.74 Å². The van der Waals surface area contributed by atoms with Crippen molar-refractivity contribution in [2.45, 2.75) is 46.0 Å². The van der Waals surface area contributed by atoms with E-state index < -0.39 is 0 Å². The van der Waals surface area contributed by atoms with Crippen LogP contribution in [0.3, 0.4) is 0 Å². The van der Waals surface area contributed by atoms with Crippen molar-refractivity contribution in [3.63, 3.8) is 0 Å². The van der Waals surface area contributed by atoms with Crippen LogP contribution in [0.2, 0.25) is 0 Å². The second kappa shape index (κ2) is 7.20.